The van der Waals surface area contributed by atoms with Crippen LogP contribution in [0.1, 0.15) is 19.4 Å². The first-order valence-corrected chi connectivity index (χ1v) is 6.71. The lowest BCUT2D eigenvalue weighted by Crippen LogP contribution is -2.42. The maximum absolute atomic E-state index is 5.16. The molecule has 0 aliphatic carbocycles. The third kappa shape index (κ3) is 4.53. The van der Waals surface area contributed by atoms with E-state index in [0.29, 0.717) is 6.61 Å². The normalized spacial score (nSPS) is 11.8. The molecule has 1 aromatic carbocycles. The second-order valence-electron chi connectivity index (χ2n) is 4.42. The average Bonchev–Trinajstić information content (AvgIpc) is 2.20. The van der Waals surface area contributed by atoms with Crippen molar-refractivity contribution in [3.63, 3.8) is 0 Å². The van der Waals surface area contributed by atoms with E-state index in [9.17, 15) is 0 Å². The summed E-state index contributed by atoms with van der Waals surface area (Å²) in [7, 11) is 1.72. The third-order valence-corrected chi connectivity index (χ3v) is 4.14. The predicted molar refractivity (Wildman–Crippen MR) is 74.6 cm³/mol. The van der Waals surface area contributed by atoms with Gasteiger partial charge in [-0.25, -0.2) is 0 Å². The number of ether oxygens (including phenoxy) is 1. The molecule has 0 saturated carbocycles. The Hall–Kier alpha value is 0.1000. The molecule has 1 rings (SSSR count). The highest BCUT2D eigenvalue weighted by molar-refractivity contribution is 9.13. The topological polar surface area (TPSA) is 21.3 Å². The highest BCUT2D eigenvalue weighted by atomic mass is 79.9. The van der Waals surface area contributed by atoms with Crippen molar-refractivity contribution in [2.24, 2.45) is 0 Å². The molecular weight excluding hydrogens is 334 g/mol. The summed E-state index contributed by atoms with van der Waals surface area (Å²) in [6.45, 7) is 5.79. The van der Waals surface area contributed by atoms with Gasteiger partial charge in [-0.2, -0.15) is 0 Å². The van der Waals surface area contributed by atoms with E-state index in [1.54, 1.807) is 7.11 Å². The second kappa shape index (κ2) is 6.15. The van der Waals surface area contributed by atoms with Gasteiger partial charge < -0.3 is 10.1 Å². The van der Waals surface area contributed by atoms with Crippen LogP contribution in [0, 0.1) is 0 Å². The van der Waals surface area contributed by atoms with Crippen molar-refractivity contribution in [3.8, 4) is 0 Å². The van der Waals surface area contributed by atoms with Gasteiger partial charge in [-0.1, -0.05) is 6.07 Å². The molecule has 0 aliphatic rings. The van der Waals surface area contributed by atoms with Crippen molar-refractivity contribution in [1.82, 2.24) is 5.32 Å². The monoisotopic (exact) mass is 349 g/mol. The molecule has 1 aromatic rings. The molecule has 0 saturated heterocycles. The van der Waals surface area contributed by atoms with Crippen molar-refractivity contribution in [2.45, 2.75) is 25.9 Å². The Morgan fingerprint density at radius 2 is 1.94 bits per heavy atom. The van der Waals surface area contributed by atoms with Gasteiger partial charge in [0.05, 0.1) is 6.61 Å². The van der Waals surface area contributed by atoms with Gasteiger partial charge in [0.1, 0.15) is 0 Å². The first-order chi connectivity index (χ1) is 7.44. The SMILES string of the molecule is COCC(C)(C)NCc1ccc(Br)c(Br)c1. The number of halogens is 2. The van der Waals surface area contributed by atoms with Crippen molar-refractivity contribution in [3.05, 3.63) is 32.7 Å². The number of nitrogens with one attached hydrogen (secondary N) is 1. The molecule has 4 heteroatoms. The minimum absolute atomic E-state index is 0.00565. The van der Waals surface area contributed by atoms with Gasteiger partial charge in [0, 0.05) is 28.1 Å². The molecule has 0 atom stereocenters. The Labute approximate surface area is 114 Å². The van der Waals surface area contributed by atoms with Gasteiger partial charge in [-0.15, -0.1) is 0 Å². The van der Waals surface area contributed by atoms with Crippen LogP contribution in [0.2, 0.25) is 0 Å². The first kappa shape index (κ1) is 14.2. The van der Waals surface area contributed by atoms with E-state index in [0.717, 1.165) is 15.5 Å². The molecule has 90 valence electrons. The molecule has 16 heavy (non-hydrogen) atoms. The van der Waals surface area contributed by atoms with Crippen molar-refractivity contribution in [1.29, 1.82) is 0 Å². The Kier molecular flexibility index (Phi) is 5.44. The summed E-state index contributed by atoms with van der Waals surface area (Å²) >= 11 is 6.96. The van der Waals surface area contributed by atoms with E-state index in [1.807, 2.05) is 6.07 Å². The number of methoxy groups -OCH3 is 1. The van der Waals surface area contributed by atoms with Gasteiger partial charge in [-0.05, 0) is 63.4 Å². The Bertz CT molecular complexity index is 353. The van der Waals surface area contributed by atoms with Gasteiger partial charge in [0.25, 0.3) is 0 Å². The van der Waals surface area contributed by atoms with E-state index in [1.165, 1.54) is 5.56 Å². The highest BCUT2D eigenvalue weighted by Gasteiger charge is 2.16. The Balaban J connectivity index is 2.57. The van der Waals surface area contributed by atoms with Crippen LogP contribution >= 0.6 is 31.9 Å². The minimum Gasteiger partial charge on any atom is -0.383 e. The molecule has 0 fully saturated rings. The zero-order valence-corrected chi connectivity index (χ0v) is 13.0. The van der Waals surface area contributed by atoms with E-state index < -0.39 is 0 Å². The Morgan fingerprint density at radius 3 is 2.50 bits per heavy atom. The molecule has 2 nitrogen and oxygen atoms in total. The summed E-state index contributed by atoms with van der Waals surface area (Å²) in [6.07, 6.45) is 0. The van der Waals surface area contributed by atoms with E-state index >= 15 is 0 Å². The lowest BCUT2D eigenvalue weighted by molar-refractivity contribution is 0.128. The van der Waals surface area contributed by atoms with Gasteiger partial charge >= 0.3 is 0 Å². The van der Waals surface area contributed by atoms with Crippen molar-refractivity contribution in [2.75, 3.05) is 13.7 Å². The molecule has 0 spiro atoms. The summed E-state index contributed by atoms with van der Waals surface area (Å²) in [5.41, 5.74) is 1.24. The van der Waals surface area contributed by atoms with Crippen LogP contribution in [0.5, 0.6) is 0 Å². The molecule has 0 bridgehead atoms. The molecule has 0 heterocycles. The number of hydrogen-bond acceptors (Lipinski definition) is 2. The van der Waals surface area contributed by atoms with Crippen LogP contribution in [0.3, 0.4) is 0 Å². The van der Waals surface area contributed by atoms with Crippen molar-refractivity contribution >= 4 is 31.9 Å². The highest BCUT2D eigenvalue weighted by Crippen LogP contribution is 2.23. The van der Waals surface area contributed by atoms with Gasteiger partial charge in [-0.3, -0.25) is 0 Å². The van der Waals surface area contributed by atoms with Crippen LogP contribution in [-0.2, 0) is 11.3 Å². The summed E-state index contributed by atoms with van der Waals surface area (Å²) < 4.78 is 7.31. The fourth-order valence-electron chi connectivity index (χ4n) is 1.40. The summed E-state index contributed by atoms with van der Waals surface area (Å²) in [5.74, 6) is 0. The largest absolute Gasteiger partial charge is 0.383 e. The van der Waals surface area contributed by atoms with Gasteiger partial charge in [0.2, 0.25) is 0 Å². The first-order valence-electron chi connectivity index (χ1n) is 5.12. The lowest BCUT2D eigenvalue weighted by Gasteiger charge is -2.25. The number of rotatable bonds is 5. The van der Waals surface area contributed by atoms with Crippen LogP contribution in [-0.4, -0.2) is 19.3 Å². The van der Waals surface area contributed by atoms with E-state index in [2.05, 4.69) is 63.2 Å². The Morgan fingerprint density at radius 1 is 1.25 bits per heavy atom. The van der Waals surface area contributed by atoms with Crippen LogP contribution < -0.4 is 5.32 Å². The second-order valence-corrected chi connectivity index (χ2v) is 6.13. The molecule has 1 N–H and O–H groups in total. The standard InChI is InChI=1S/C12H17Br2NO/c1-12(2,8-16-3)15-7-9-4-5-10(13)11(14)6-9/h4-6,15H,7-8H2,1-3H3. The molecule has 0 aromatic heterocycles. The smallest absolute Gasteiger partial charge is 0.0639 e. The van der Waals surface area contributed by atoms with Gasteiger partial charge in [0.15, 0.2) is 0 Å². The lowest BCUT2D eigenvalue weighted by atomic mass is 10.1. The molecule has 0 amide bonds. The van der Waals surface area contributed by atoms with Crippen molar-refractivity contribution < 1.29 is 4.74 Å². The zero-order chi connectivity index (χ0) is 12.2. The fraction of sp³-hybridized carbons (Fsp3) is 0.500. The minimum atomic E-state index is -0.00565. The summed E-state index contributed by atoms with van der Waals surface area (Å²) in [6, 6.07) is 6.26. The number of benzene rings is 1. The third-order valence-electron chi connectivity index (χ3n) is 2.26. The van der Waals surface area contributed by atoms with Crippen LogP contribution in [0.15, 0.2) is 27.1 Å². The quantitative estimate of drug-likeness (QED) is 0.873. The average molecular weight is 351 g/mol. The number of hydrogen-bond donors (Lipinski definition) is 1. The maximum Gasteiger partial charge on any atom is 0.0639 e. The molecule has 0 radical (unpaired) electrons. The predicted octanol–water partition coefficient (Wildman–Crippen LogP) is 3.73. The molecular formula is C12H17Br2NO. The molecule has 0 unspecified atom stereocenters. The summed E-state index contributed by atoms with van der Waals surface area (Å²) in [4.78, 5) is 0. The van der Waals surface area contributed by atoms with Crippen LogP contribution in [0.25, 0.3) is 0 Å². The van der Waals surface area contributed by atoms with E-state index in [4.69, 9.17) is 4.74 Å². The van der Waals surface area contributed by atoms with Crippen LogP contribution in [0.4, 0.5) is 0 Å². The zero-order valence-electron chi connectivity index (χ0n) is 9.81. The fourth-order valence-corrected chi connectivity index (χ4v) is 2.08. The molecule has 0 aliphatic heterocycles. The maximum atomic E-state index is 5.16. The van der Waals surface area contributed by atoms with E-state index in [-0.39, 0.29) is 5.54 Å². The summed E-state index contributed by atoms with van der Waals surface area (Å²) in [5, 5.41) is 3.46.